The van der Waals surface area contributed by atoms with Crippen molar-refractivity contribution >= 4 is 29.3 Å². The van der Waals surface area contributed by atoms with Crippen LogP contribution >= 0.6 is 23.4 Å². The van der Waals surface area contributed by atoms with Crippen LogP contribution < -0.4 is 0 Å². The molecule has 0 aromatic heterocycles. The summed E-state index contributed by atoms with van der Waals surface area (Å²) in [5, 5.41) is 17.7. The van der Waals surface area contributed by atoms with E-state index in [1.165, 1.54) is 6.07 Å². The third kappa shape index (κ3) is 3.31. The van der Waals surface area contributed by atoms with Gasteiger partial charge < -0.3 is 5.11 Å². The molecule has 1 aromatic rings. The quantitative estimate of drug-likeness (QED) is 0.683. The maximum atomic E-state index is 12.4. The molecular formula is C10H5ClF3NO2S. The van der Waals surface area contributed by atoms with E-state index in [0.29, 0.717) is 0 Å². The second-order valence-electron chi connectivity index (χ2n) is 3.07. The Labute approximate surface area is 109 Å². The van der Waals surface area contributed by atoms with E-state index in [-0.39, 0.29) is 17.0 Å². The number of rotatable bonds is 3. The molecule has 0 aliphatic rings. The van der Waals surface area contributed by atoms with Crippen molar-refractivity contribution in [3.8, 4) is 6.07 Å². The zero-order chi connectivity index (χ0) is 13.9. The van der Waals surface area contributed by atoms with E-state index in [0.717, 1.165) is 6.07 Å². The van der Waals surface area contributed by atoms with Crippen molar-refractivity contribution in [2.24, 2.45) is 0 Å². The maximum absolute atomic E-state index is 12.4. The molecule has 0 bridgehead atoms. The Kier molecular flexibility index (Phi) is 4.48. The molecule has 1 aromatic carbocycles. The van der Waals surface area contributed by atoms with Crippen LogP contribution in [0.2, 0.25) is 0 Å². The van der Waals surface area contributed by atoms with Crippen LogP contribution in [0.4, 0.5) is 13.2 Å². The van der Waals surface area contributed by atoms with Crippen LogP contribution in [0.1, 0.15) is 21.5 Å². The molecular weight excluding hydrogens is 291 g/mol. The monoisotopic (exact) mass is 295 g/mol. The van der Waals surface area contributed by atoms with Gasteiger partial charge in [-0.1, -0.05) is 6.07 Å². The van der Waals surface area contributed by atoms with Gasteiger partial charge in [0, 0.05) is 10.8 Å². The van der Waals surface area contributed by atoms with Gasteiger partial charge in [-0.3, -0.25) is 0 Å². The Morgan fingerprint density at radius 3 is 2.50 bits per heavy atom. The maximum Gasteiger partial charge on any atom is 0.446 e. The van der Waals surface area contributed by atoms with Crippen LogP contribution in [0.15, 0.2) is 17.0 Å². The number of aromatic carboxylic acids is 1. The highest BCUT2D eigenvalue weighted by Gasteiger charge is 2.33. The number of carboxylic acid groups (broad SMARTS) is 1. The van der Waals surface area contributed by atoms with Gasteiger partial charge in [-0.05, 0) is 23.4 Å². The highest BCUT2D eigenvalue weighted by molar-refractivity contribution is 8.00. The van der Waals surface area contributed by atoms with Crippen molar-refractivity contribution in [2.45, 2.75) is 16.3 Å². The average Bonchev–Trinajstić information content (AvgIpc) is 2.25. The SMILES string of the molecule is N#Cc1c(CCl)ccc(C(=O)O)c1SC(F)(F)F. The summed E-state index contributed by atoms with van der Waals surface area (Å²) in [4.78, 5) is 10.2. The van der Waals surface area contributed by atoms with Gasteiger partial charge in [-0.15, -0.1) is 11.6 Å². The Morgan fingerprint density at radius 2 is 2.11 bits per heavy atom. The summed E-state index contributed by atoms with van der Waals surface area (Å²) in [6.45, 7) is 0. The Morgan fingerprint density at radius 1 is 1.50 bits per heavy atom. The van der Waals surface area contributed by atoms with Gasteiger partial charge >= 0.3 is 11.5 Å². The lowest BCUT2D eigenvalue weighted by Crippen LogP contribution is -2.08. The molecule has 96 valence electrons. The Bertz CT molecular complexity index is 525. The molecule has 0 heterocycles. The first kappa shape index (κ1) is 14.7. The van der Waals surface area contributed by atoms with Crippen molar-refractivity contribution in [3.05, 3.63) is 28.8 Å². The molecule has 0 amide bonds. The molecule has 0 saturated carbocycles. The van der Waals surface area contributed by atoms with Gasteiger partial charge in [0.2, 0.25) is 0 Å². The zero-order valence-electron chi connectivity index (χ0n) is 8.58. The molecule has 8 heteroatoms. The number of alkyl halides is 4. The molecule has 3 nitrogen and oxygen atoms in total. The molecule has 0 unspecified atom stereocenters. The summed E-state index contributed by atoms with van der Waals surface area (Å²) in [6.07, 6.45) is 0. The van der Waals surface area contributed by atoms with Crippen molar-refractivity contribution in [3.63, 3.8) is 0 Å². The number of nitriles is 1. The van der Waals surface area contributed by atoms with Crippen molar-refractivity contribution in [1.82, 2.24) is 0 Å². The molecule has 1 N–H and O–H groups in total. The highest BCUT2D eigenvalue weighted by Crippen LogP contribution is 2.41. The van der Waals surface area contributed by atoms with Crippen molar-refractivity contribution in [2.75, 3.05) is 0 Å². The van der Waals surface area contributed by atoms with E-state index in [1.807, 2.05) is 0 Å². The summed E-state index contributed by atoms with van der Waals surface area (Å²) in [5.74, 6) is -1.70. The summed E-state index contributed by atoms with van der Waals surface area (Å²) >= 11 is 4.87. The van der Waals surface area contributed by atoms with Crippen molar-refractivity contribution < 1.29 is 23.1 Å². The van der Waals surface area contributed by atoms with Crippen LogP contribution in [0, 0.1) is 11.3 Å². The number of thioether (sulfide) groups is 1. The molecule has 0 saturated heterocycles. The predicted molar refractivity (Wildman–Crippen MR) is 59.6 cm³/mol. The average molecular weight is 296 g/mol. The lowest BCUT2D eigenvalue weighted by Gasteiger charge is -2.12. The van der Waals surface area contributed by atoms with Crippen LogP contribution in [-0.4, -0.2) is 16.6 Å². The zero-order valence-corrected chi connectivity index (χ0v) is 10.2. The third-order valence-electron chi connectivity index (χ3n) is 1.95. The smallest absolute Gasteiger partial charge is 0.446 e. The van der Waals surface area contributed by atoms with Crippen LogP contribution in [0.3, 0.4) is 0 Å². The predicted octanol–water partition coefficient (Wildman–Crippen LogP) is 3.61. The summed E-state index contributed by atoms with van der Waals surface area (Å²) in [7, 11) is 0. The normalized spacial score (nSPS) is 11.1. The van der Waals surface area contributed by atoms with Gasteiger partial charge in [0.1, 0.15) is 6.07 Å². The Hall–Kier alpha value is -1.39. The lowest BCUT2D eigenvalue weighted by molar-refractivity contribution is -0.0328. The van der Waals surface area contributed by atoms with Gasteiger partial charge in [0.05, 0.1) is 11.1 Å². The standard InChI is InChI=1S/C10H5ClF3NO2S/c11-3-5-1-2-6(9(16)17)8(7(5)4-15)18-10(12,13)14/h1-2H,3H2,(H,16,17). The third-order valence-corrected chi connectivity index (χ3v) is 3.10. The van der Waals surface area contributed by atoms with E-state index in [9.17, 15) is 18.0 Å². The van der Waals surface area contributed by atoms with Gasteiger partial charge in [0.25, 0.3) is 0 Å². The topological polar surface area (TPSA) is 61.1 Å². The van der Waals surface area contributed by atoms with Crippen LogP contribution in [-0.2, 0) is 5.88 Å². The van der Waals surface area contributed by atoms with E-state index in [2.05, 4.69) is 0 Å². The van der Waals surface area contributed by atoms with E-state index < -0.39 is 33.7 Å². The molecule has 0 radical (unpaired) electrons. The minimum absolute atomic E-state index is 0.163. The summed E-state index contributed by atoms with van der Waals surface area (Å²) in [5.41, 5.74) is -5.44. The van der Waals surface area contributed by atoms with Gasteiger partial charge in [0.15, 0.2) is 0 Å². The number of hydrogen-bond acceptors (Lipinski definition) is 3. The molecule has 1 rings (SSSR count). The number of hydrogen-bond donors (Lipinski definition) is 1. The second-order valence-corrected chi connectivity index (χ2v) is 4.42. The number of carbonyl (C=O) groups is 1. The second kappa shape index (κ2) is 5.50. The van der Waals surface area contributed by atoms with Gasteiger partial charge in [-0.2, -0.15) is 18.4 Å². The number of carboxylic acids is 1. The number of benzene rings is 1. The molecule has 0 atom stereocenters. The van der Waals surface area contributed by atoms with E-state index in [4.69, 9.17) is 22.0 Å². The minimum atomic E-state index is -4.68. The molecule has 18 heavy (non-hydrogen) atoms. The van der Waals surface area contributed by atoms with E-state index in [1.54, 1.807) is 6.07 Å². The first-order valence-electron chi connectivity index (χ1n) is 4.41. The van der Waals surface area contributed by atoms with E-state index >= 15 is 0 Å². The first-order chi connectivity index (χ1) is 8.30. The fourth-order valence-electron chi connectivity index (χ4n) is 1.25. The summed E-state index contributed by atoms with van der Waals surface area (Å²) < 4.78 is 37.1. The minimum Gasteiger partial charge on any atom is -0.478 e. The molecule has 0 spiro atoms. The first-order valence-corrected chi connectivity index (χ1v) is 5.76. The lowest BCUT2D eigenvalue weighted by atomic mass is 10.1. The number of halogens is 4. The highest BCUT2D eigenvalue weighted by atomic mass is 35.5. The number of nitrogens with zero attached hydrogens (tertiary/aromatic N) is 1. The fourth-order valence-corrected chi connectivity index (χ4v) is 2.25. The Balaban J connectivity index is 3.50. The molecule has 0 aliphatic heterocycles. The largest absolute Gasteiger partial charge is 0.478 e. The summed E-state index contributed by atoms with van der Waals surface area (Å²) in [6, 6.07) is 3.80. The van der Waals surface area contributed by atoms with Crippen LogP contribution in [0.5, 0.6) is 0 Å². The molecule has 0 aliphatic carbocycles. The van der Waals surface area contributed by atoms with Crippen LogP contribution in [0.25, 0.3) is 0 Å². The molecule has 0 fully saturated rings. The van der Waals surface area contributed by atoms with Gasteiger partial charge in [-0.25, -0.2) is 4.79 Å². The van der Waals surface area contributed by atoms with Crippen molar-refractivity contribution in [1.29, 1.82) is 5.26 Å². The fraction of sp³-hybridized carbons (Fsp3) is 0.200.